The number of aromatic nitrogens is 1. The standard InChI is InChI=1S/C17H18N2O3S/c1-10-13(7-11-5-6-14-15(8-11)22-9-21-14)18-17(23-10)19-16(20)12-3-2-4-12/h5-6,8,12H,2-4,7,9H2,1H3,(H,18,19,20). The van der Waals surface area contributed by atoms with Crippen molar-refractivity contribution in [3.63, 3.8) is 0 Å². The molecule has 0 saturated heterocycles. The first kappa shape index (κ1) is 14.5. The van der Waals surface area contributed by atoms with Crippen molar-refractivity contribution in [3.05, 3.63) is 34.3 Å². The fourth-order valence-electron chi connectivity index (χ4n) is 2.77. The predicted molar refractivity (Wildman–Crippen MR) is 88.2 cm³/mol. The van der Waals surface area contributed by atoms with Gasteiger partial charge in [-0.25, -0.2) is 4.98 Å². The minimum atomic E-state index is 0.111. The molecule has 6 heteroatoms. The summed E-state index contributed by atoms with van der Waals surface area (Å²) in [6, 6.07) is 5.95. The zero-order valence-corrected chi connectivity index (χ0v) is 13.7. The number of anilines is 1. The Morgan fingerprint density at radius 3 is 2.96 bits per heavy atom. The van der Waals surface area contributed by atoms with Gasteiger partial charge in [0.2, 0.25) is 12.7 Å². The summed E-state index contributed by atoms with van der Waals surface area (Å²) in [7, 11) is 0. The van der Waals surface area contributed by atoms with E-state index in [2.05, 4.69) is 10.3 Å². The summed E-state index contributed by atoms with van der Waals surface area (Å²) in [6.07, 6.45) is 3.88. The number of nitrogens with one attached hydrogen (secondary N) is 1. The lowest BCUT2D eigenvalue weighted by atomic mass is 9.85. The van der Waals surface area contributed by atoms with Crippen molar-refractivity contribution in [3.8, 4) is 11.5 Å². The van der Waals surface area contributed by atoms with Gasteiger partial charge >= 0.3 is 0 Å². The summed E-state index contributed by atoms with van der Waals surface area (Å²) in [4.78, 5) is 17.8. The number of aryl methyl sites for hydroxylation is 1. The van der Waals surface area contributed by atoms with Crippen LogP contribution in [0.3, 0.4) is 0 Å². The van der Waals surface area contributed by atoms with Crippen LogP contribution in [0.5, 0.6) is 11.5 Å². The molecule has 1 aromatic carbocycles. The van der Waals surface area contributed by atoms with Crippen molar-refractivity contribution < 1.29 is 14.3 Å². The van der Waals surface area contributed by atoms with Gasteiger partial charge in [-0.1, -0.05) is 12.5 Å². The first-order valence-corrected chi connectivity index (χ1v) is 8.66. The van der Waals surface area contributed by atoms with Crippen LogP contribution in [0.15, 0.2) is 18.2 Å². The number of hydrogen-bond donors (Lipinski definition) is 1. The van der Waals surface area contributed by atoms with Gasteiger partial charge < -0.3 is 14.8 Å². The summed E-state index contributed by atoms with van der Waals surface area (Å²) < 4.78 is 10.7. The number of benzene rings is 1. The van der Waals surface area contributed by atoms with E-state index in [0.717, 1.165) is 53.3 Å². The third-order valence-corrected chi connectivity index (χ3v) is 5.34. The van der Waals surface area contributed by atoms with Crippen molar-refractivity contribution in [2.24, 2.45) is 5.92 Å². The Bertz CT molecular complexity index is 752. The molecular weight excluding hydrogens is 312 g/mol. The van der Waals surface area contributed by atoms with Crippen LogP contribution in [0.4, 0.5) is 5.13 Å². The van der Waals surface area contributed by atoms with Gasteiger partial charge in [-0.15, -0.1) is 11.3 Å². The highest BCUT2D eigenvalue weighted by atomic mass is 32.1. The van der Waals surface area contributed by atoms with Crippen LogP contribution >= 0.6 is 11.3 Å². The number of hydrogen-bond acceptors (Lipinski definition) is 5. The number of amides is 1. The number of thiazole rings is 1. The van der Waals surface area contributed by atoms with Crippen molar-refractivity contribution in [2.75, 3.05) is 12.1 Å². The molecular formula is C17H18N2O3S. The molecule has 4 rings (SSSR count). The molecule has 0 bridgehead atoms. The average Bonchev–Trinajstić information content (AvgIpc) is 3.03. The van der Waals surface area contributed by atoms with Crippen molar-refractivity contribution >= 4 is 22.4 Å². The first-order valence-electron chi connectivity index (χ1n) is 7.85. The van der Waals surface area contributed by atoms with Gasteiger partial charge in [-0.2, -0.15) is 0 Å². The highest BCUT2D eigenvalue weighted by Crippen LogP contribution is 2.34. The molecule has 23 heavy (non-hydrogen) atoms. The zero-order chi connectivity index (χ0) is 15.8. The minimum Gasteiger partial charge on any atom is -0.454 e. The normalized spacial score (nSPS) is 16.2. The van der Waals surface area contributed by atoms with Gasteiger partial charge in [0.1, 0.15) is 0 Å². The van der Waals surface area contributed by atoms with Gasteiger partial charge in [0.25, 0.3) is 0 Å². The second-order valence-electron chi connectivity index (χ2n) is 6.00. The lowest BCUT2D eigenvalue weighted by molar-refractivity contribution is -0.122. The van der Waals surface area contributed by atoms with Crippen LogP contribution in [-0.4, -0.2) is 17.7 Å². The van der Waals surface area contributed by atoms with Crippen LogP contribution in [-0.2, 0) is 11.2 Å². The third-order valence-electron chi connectivity index (χ3n) is 4.41. The van der Waals surface area contributed by atoms with E-state index in [1.165, 1.54) is 0 Å². The Kier molecular flexibility index (Phi) is 3.69. The van der Waals surface area contributed by atoms with Crippen LogP contribution in [0.2, 0.25) is 0 Å². The molecule has 2 heterocycles. The summed E-state index contributed by atoms with van der Waals surface area (Å²) >= 11 is 1.54. The fourth-order valence-corrected chi connectivity index (χ4v) is 3.60. The van der Waals surface area contributed by atoms with E-state index in [-0.39, 0.29) is 18.6 Å². The monoisotopic (exact) mass is 330 g/mol. The molecule has 2 aliphatic rings. The lowest BCUT2D eigenvalue weighted by Gasteiger charge is -2.23. The SMILES string of the molecule is Cc1sc(NC(=O)C2CCC2)nc1Cc1ccc2c(c1)OCO2. The quantitative estimate of drug-likeness (QED) is 0.932. The number of ether oxygens (including phenoxy) is 2. The molecule has 0 radical (unpaired) electrons. The predicted octanol–water partition coefficient (Wildman–Crippen LogP) is 3.51. The number of carbonyl (C=O) groups is 1. The molecule has 1 aliphatic carbocycles. The van der Waals surface area contributed by atoms with E-state index in [9.17, 15) is 4.79 Å². The molecule has 0 atom stereocenters. The molecule has 1 aromatic heterocycles. The van der Waals surface area contributed by atoms with Crippen molar-refractivity contribution in [2.45, 2.75) is 32.6 Å². The molecule has 0 unspecified atom stereocenters. The maximum Gasteiger partial charge on any atom is 0.231 e. The molecule has 1 fully saturated rings. The first-order chi connectivity index (χ1) is 11.2. The van der Waals surface area contributed by atoms with Gasteiger partial charge in [-0.3, -0.25) is 4.79 Å². The molecule has 120 valence electrons. The Balaban J connectivity index is 1.47. The summed E-state index contributed by atoms with van der Waals surface area (Å²) in [5.41, 5.74) is 2.12. The minimum absolute atomic E-state index is 0.111. The molecule has 1 aliphatic heterocycles. The van der Waals surface area contributed by atoms with E-state index in [0.29, 0.717) is 5.13 Å². The molecule has 1 amide bonds. The third kappa shape index (κ3) is 2.91. The van der Waals surface area contributed by atoms with E-state index < -0.39 is 0 Å². The molecule has 0 spiro atoms. The smallest absolute Gasteiger partial charge is 0.231 e. The topological polar surface area (TPSA) is 60.5 Å². The number of fused-ring (bicyclic) bond motifs is 1. The van der Waals surface area contributed by atoms with E-state index >= 15 is 0 Å². The largest absolute Gasteiger partial charge is 0.454 e. The molecule has 5 nitrogen and oxygen atoms in total. The Labute approximate surface area is 138 Å². The summed E-state index contributed by atoms with van der Waals surface area (Å²) in [5.74, 6) is 1.86. The van der Waals surface area contributed by atoms with Crippen LogP contribution in [0.25, 0.3) is 0 Å². The van der Waals surface area contributed by atoms with E-state index in [4.69, 9.17) is 9.47 Å². The van der Waals surface area contributed by atoms with Crippen molar-refractivity contribution in [1.82, 2.24) is 4.98 Å². The van der Waals surface area contributed by atoms with Crippen LogP contribution in [0, 0.1) is 12.8 Å². The number of nitrogens with zero attached hydrogens (tertiary/aromatic N) is 1. The van der Waals surface area contributed by atoms with E-state index in [1.807, 2.05) is 25.1 Å². The summed E-state index contributed by atoms with van der Waals surface area (Å²) in [6.45, 7) is 2.32. The zero-order valence-electron chi connectivity index (χ0n) is 12.9. The van der Waals surface area contributed by atoms with Crippen molar-refractivity contribution in [1.29, 1.82) is 0 Å². The summed E-state index contributed by atoms with van der Waals surface area (Å²) in [5, 5.41) is 3.66. The Morgan fingerprint density at radius 1 is 1.35 bits per heavy atom. The molecule has 1 N–H and O–H groups in total. The number of rotatable bonds is 4. The lowest BCUT2D eigenvalue weighted by Crippen LogP contribution is -2.27. The van der Waals surface area contributed by atoms with Gasteiger partial charge in [-0.05, 0) is 37.5 Å². The number of carbonyl (C=O) groups excluding carboxylic acids is 1. The highest BCUT2D eigenvalue weighted by Gasteiger charge is 2.26. The fraction of sp³-hybridized carbons (Fsp3) is 0.412. The molecule has 1 saturated carbocycles. The van der Waals surface area contributed by atoms with Gasteiger partial charge in [0.05, 0.1) is 5.69 Å². The highest BCUT2D eigenvalue weighted by molar-refractivity contribution is 7.15. The van der Waals surface area contributed by atoms with Crippen LogP contribution in [0.1, 0.15) is 35.4 Å². The Morgan fingerprint density at radius 2 is 2.17 bits per heavy atom. The van der Waals surface area contributed by atoms with E-state index in [1.54, 1.807) is 11.3 Å². The average molecular weight is 330 g/mol. The molecule has 2 aromatic rings. The van der Waals surface area contributed by atoms with Crippen LogP contribution < -0.4 is 14.8 Å². The Hall–Kier alpha value is -2.08. The second kappa shape index (κ2) is 5.85. The van der Waals surface area contributed by atoms with Gasteiger partial charge in [0, 0.05) is 17.2 Å². The second-order valence-corrected chi connectivity index (χ2v) is 7.21. The maximum absolute atomic E-state index is 12.0. The maximum atomic E-state index is 12.0. The van der Waals surface area contributed by atoms with Gasteiger partial charge in [0.15, 0.2) is 16.6 Å².